The highest BCUT2D eigenvalue weighted by atomic mass is 32.2. The summed E-state index contributed by atoms with van der Waals surface area (Å²) in [6.07, 6.45) is 4.08. The van der Waals surface area contributed by atoms with Gasteiger partial charge in [0.25, 0.3) is 0 Å². The van der Waals surface area contributed by atoms with Crippen molar-refractivity contribution in [1.82, 2.24) is 0 Å². The number of carbonyl (C=O) groups excluding carboxylic acids is 2. The monoisotopic (exact) mass is 341 g/mol. The molecule has 0 aliphatic rings. The average Bonchev–Trinajstić information content (AvgIpc) is 2.62. The molecular formula is C19H19NO3S. The molecule has 24 heavy (non-hydrogen) atoms. The van der Waals surface area contributed by atoms with Crippen molar-refractivity contribution in [2.75, 3.05) is 23.9 Å². The minimum Gasteiger partial charge on any atom is -0.465 e. The van der Waals surface area contributed by atoms with Gasteiger partial charge in [-0.25, -0.2) is 4.79 Å². The van der Waals surface area contributed by atoms with Crippen LogP contribution in [0.15, 0.2) is 60.7 Å². The zero-order valence-corrected chi connectivity index (χ0v) is 14.2. The first kappa shape index (κ1) is 17.8. The van der Waals surface area contributed by atoms with E-state index in [2.05, 4.69) is 10.1 Å². The Morgan fingerprint density at radius 3 is 2.46 bits per heavy atom. The molecule has 0 fully saturated rings. The van der Waals surface area contributed by atoms with Crippen molar-refractivity contribution in [3.63, 3.8) is 0 Å². The first-order valence-electron chi connectivity index (χ1n) is 7.46. The molecule has 2 aromatic rings. The molecule has 0 aliphatic heterocycles. The predicted octanol–water partition coefficient (Wildman–Crippen LogP) is 3.86. The van der Waals surface area contributed by atoms with Crippen molar-refractivity contribution >= 4 is 35.4 Å². The van der Waals surface area contributed by atoms with Crippen LogP contribution in [-0.2, 0) is 9.53 Å². The lowest BCUT2D eigenvalue weighted by Gasteiger charge is -2.05. The van der Waals surface area contributed by atoms with Gasteiger partial charge >= 0.3 is 5.97 Å². The van der Waals surface area contributed by atoms with E-state index in [4.69, 9.17) is 0 Å². The zero-order chi connectivity index (χ0) is 17.2. The number of esters is 1. The van der Waals surface area contributed by atoms with Gasteiger partial charge < -0.3 is 10.1 Å². The maximum Gasteiger partial charge on any atom is 0.337 e. The zero-order valence-electron chi connectivity index (χ0n) is 13.4. The predicted molar refractivity (Wildman–Crippen MR) is 99.2 cm³/mol. The number of hydrogen-bond acceptors (Lipinski definition) is 4. The number of nitrogens with one attached hydrogen (secondary N) is 1. The number of rotatable bonds is 7. The normalized spacial score (nSPS) is 10.5. The van der Waals surface area contributed by atoms with Crippen LogP contribution in [0, 0.1) is 0 Å². The third kappa shape index (κ3) is 5.93. The Morgan fingerprint density at radius 2 is 1.79 bits per heavy atom. The van der Waals surface area contributed by atoms with E-state index < -0.39 is 5.97 Å². The highest BCUT2D eigenvalue weighted by Crippen LogP contribution is 2.11. The van der Waals surface area contributed by atoms with Crippen LogP contribution in [0.1, 0.15) is 15.9 Å². The molecule has 0 saturated carbocycles. The standard InChI is InChI=1S/C19H19NO3S/c1-23-19(22)16-9-11-17(12-10-16)20-18(21)14-24-13-5-8-15-6-3-2-4-7-15/h2-12H,13-14H2,1H3,(H,20,21)/b8-5+. The van der Waals surface area contributed by atoms with Gasteiger partial charge in [-0.3, -0.25) is 4.79 Å². The molecule has 0 spiro atoms. The van der Waals surface area contributed by atoms with Gasteiger partial charge in [-0.1, -0.05) is 42.5 Å². The quantitative estimate of drug-likeness (QED) is 0.614. The lowest BCUT2D eigenvalue weighted by molar-refractivity contribution is -0.113. The van der Waals surface area contributed by atoms with E-state index in [9.17, 15) is 9.59 Å². The summed E-state index contributed by atoms with van der Waals surface area (Å²) in [7, 11) is 1.33. The lowest BCUT2D eigenvalue weighted by atomic mass is 10.2. The number of amides is 1. The fraction of sp³-hybridized carbons (Fsp3) is 0.158. The summed E-state index contributed by atoms with van der Waals surface area (Å²) >= 11 is 1.54. The number of benzene rings is 2. The Hall–Kier alpha value is -2.53. The molecule has 0 bridgehead atoms. The van der Waals surface area contributed by atoms with Crippen LogP contribution in [0.25, 0.3) is 6.08 Å². The summed E-state index contributed by atoms with van der Waals surface area (Å²) < 4.78 is 4.63. The second-order valence-electron chi connectivity index (χ2n) is 4.95. The molecule has 0 atom stereocenters. The van der Waals surface area contributed by atoms with E-state index in [0.717, 1.165) is 11.3 Å². The number of methoxy groups -OCH3 is 1. The molecule has 2 rings (SSSR count). The number of anilines is 1. The van der Waals surface area contributed by atoms with Gasteiger partial charge in [-0.2, -0.15) is 0 Å². The molecule has 1 N–H and O–H groups in total. The Kier molecular flexibility index (Phi) is 7.11. The summed E-state index contributed by atoms with van der Waals surface area (Å²) in [5.41, 5.74) is 2.26. The number of ether oxygens (including phenoxy) is 1. The van der Waals surface area contributed by atoms with Crippen molar-refractivity contribution in [2.45, 2.75) is 0 Å². The van der Waals surface area contributed by atoms with E-state index in [-0.39, 0.29) is 5.91 Å². The largest absolute Gasteiger partial charge is 0.465 e. The summed E-state index contributed by atoms with van der Waals surface area (Å²) in [5, 5.41) is 2.80. The molecule has 0 heterocycles. The van der Waals surface area contributed by atoms with Crippen LogP contribution in [0.2, 0.25) is 0 Å². The Balaban J connectivity index is 1.71. The summed E-state index contributed by atoms with van der Waals surface area (Å²) in [6, 6.07) is 16.6. The van der Waals surface area contributed by atoms with E-state index in [1.807, 2.05) is 42.5 Å². The van der Waals surface area contributed by atoms with Crippen LogP contribution in [-0.4, -0.2) is 30.5 Å². The fourth-order valence-corrected chi connectivity index (χ4v) is 2.58. The minimum absolute atomic E-state index is 0.0704. The Morgan fingerprint density at radius 1 is 1.08 bits per heavy atom. The van der Waals surface area contributed by atoms with Crippen molar-refractivity contribution in [3.8, 4) is 0 Å². The Labute approximate surface area is 145 Å². The maximum atomic E-state index is 11.9. The van der Waals surface area contributed by atoms with E-state index >= 15 is 0 Å². The summed E-state index contributed by atoms with van der Waals surface area (Å²) in [6.45, 7) is 0. The van der Waals surface area contributed by atoms with Gasteiger partial charge in [-0.15, -0.1) is 11.8 Å². The van der Waals surface area contributed by atoms with Gasteiger partial charge in [0.05, 0.1) is 18.4 Å². The topological polar surface area (TPSA) is 55.4 Å². The molecule has 0 saturated heterocycles. The first-order valence-corrected chi connectivity index (χ1v) is 8.62. The second kappa shape index (κ2) is 9.57. The summed E-state index contributed by atoms with van der Waals surface area (Å²) in [4.78, 5) is 23.2. The molecule has 1 amide bonds. The molecule has 4 nitrogen and oxygen atoms in total. The van der Waals surface area contributed by atoms with Gasteiger partial charge in [-0.05, 0) is 29.8 Å². The van der Waals surface area contributed by atoms with Gasteiger partial charge in [0.15, 0.2) is 0 Å². The SMILES string of the molecule is COC(=O)c1ccc(NC(=O)CSC/C=C/c2ccccc2)cc1. The third-order valence-electron chi connectivity index (χ3n) is 3.15. The van der Waals surface area contributed by atoms with E-state index in [0.29, 0.717) is 17.0 Å². The van der Waals surface area contributed by atoms with Crippen LogP contribution >= 0.6 is 11.8 Å². The molecule has 0 aromatic heterocycles. The van der Waals surface area contributed by atoms with Crippen LogP contribution < -0.4 is 5.32 Å². The summed E-state index contributed by atoms with van der Waals surface area (Å²) in [5.74, 6) is 0.675. The minimum atomic E-state index is -0.395. The van der Waals surface area contributed by atoms with Gasteiger partial charge in [0, 0.05) is 11.4 Å². The molecule has 124 valence electrons. The molecule has 2 aromatic carbocycles. The first-order chi connectivity index (χ1) is 11.7. The van der Waals surface area contributed by atoms with Crippen LogP contribution in [0.3, 0.4) is 0 Å². The van der Waals surface area contributed by atoms with Crippen molar-refractivity contribution in [3.05, 3.63) is 71.8 Å². The van der Waals surface area contributed by atoms with Crippen LogP contribution in [0.5, 0.6) is 0 Å². The van der Waals surface area contributed by atoms with Crippen molar-refractivity contribution < 1.29 is 14.3 Å². The molecule has 0 aliphatic carbocycles. The molecule has 0 radical (unpaired) electrons. The third-order valence-corrected chi connectivity index (χ3v) is 4.04. The average molecular weight is 341 g/mol. The van der Waals surface area contributed by atoms with E-state index in [1.54, 1.807) is 24.3 Å². The number of thioether (sulfide) groups is 1. The Bertz CT molecular complexity index is 696. The van der Waals surface area contributed by atoms with Crippen molar-refractivity contribution in [1.29, 1.82) is 0 Å². The number of hydrogen-bond donors (Lipinski definition) is 1. The molecule has 5 heteroatoms. The lowest BCUT2D eigenvalue weighted by Crippen LogP contribution is -2.14. The molecular weight excluding hydrogens is 322 g/mol. The van der Waals surface area contributed by atoms with E-state index in [1.165, 1.54) is 18.9 Å². The second-order valence-corrected chi connectivity index (χ2v) is 5.98. The maximum absolute atomic E-state index is 11.9. The highest BCUT2D eigenvalue weighted by Gasteiger charge is 2.06. The van der Waals surface area contributed by atoms with Crippen LogP contribution in [0.4, 0.5) is 5.69 Å². The van der Waals surface area contributed by atoms with Gasteiger partial charge in [0.2, 0.25) is 5.91 Å². The fourth-order valence-electron chi connectivity index (χ4n) is 1.97. The highest BCUT2D eigenvalue weighted by molar-refractivity contribution is 8.00. The van der Waals surface area contributed by atoms with Crippen molar-refractivity contribution in [2.24, 2.45) is 0 Å². The smallest absolute Gasteiger partial charge is 0.337 e. The van der Waals surface area contributed by atoms with Gasteiger partial charge in [0.1, 0.15) is 0 Å². The number of carbonyl (C=O) groups is 2. The molecule has 0 unspecified atom stereocenters.